The average molecular weight is 428 g/mol. The van der Waals surface area contributed by atoms with E-state index in [0.29, 0.717) is 28.8 Å². The summed E-state index contributed by atoms with van der Waals surface area (Å²) in [6, 6.07) is 8.82. The summed E-state index contributed by atoms with van der Waals surface area (Å²) in [7, 11) is 0. The Morgan fingerprint density at radius 3 is 2.23 bits per heavy atom. The molecule has 162 valence electrons. The Morgan fingerprint density at radius 1 is 1.03 bits per heavy atom. The number of hydrogen-bond donors (Lipinski definition) is 1. The number of aromatic nitrogens is 3. The Bertz CT molecular complexity index is 837. The first kappa shape index (κ1) is 21.2. The molecule has 2 aliphatic carbocycles. The van der Waals surface area contributed by atoms with Crippen LogP contribution in [0.4, 0.5) is 0 Å². The van der Waals surface area contributed by atoms with E-state index < -0.39 is 0 Å². The van der Waals surface area contributed by atoms with Crippen LogP contribution in [0, 0.1) is 6.92 Å². The smallest absolute Gasteiger partial charge is 0.233 e. The lowest BCUT2D eigenvalue weighted by Crippen LogP contribution is -2.49. The van der Waals surface area contributed by atoms with Crippen LogP contribution in [0.25, 0.3) is 11.4 Å². The molecule has 0 radical (unpaired) electrons. The number of nitrogens with two attached hydrogens (primary N) is 1. The number of thioether (sulfide) groups is 1. The SMILES string of the molecule is Cc1ccccc1-c1nnc(SCC(=O)N(C2CCCCC2)C2CCCCC2)n1N. The van der Waals surface area contributed by atoms with Gasteiger partial charge < -0.3 is 10.7 Å². The number of amides is 1. The van der Waals surface area contributed by atoms with Crippen molar-refractivity contribution in [2.45, 2.75) is 88.4 Å². The predicted octanol–water partition coefficient (Wildman–Crippen LogP) is 4.55. The van der Waals surface area contributed by atoms with Crippen LogP contribution in [-0.2, 0) is 4.79 Å². The van der Waals surface area contributed by atoms with E-state index in [9.17, 15) is 4.79 Å². The third-order valence-corrected chi connectivity index (χ3v) is 7.53. The fourth-order valence-corrected chi connectivity index (χ4v) is 5.73. The summed E-state index contributed by atoms with van der Waals surface area (Å²) in [5.74, 6) is 7.54. The molecule has 1 heterocycles. The Morgan fingerprint density at radius 2 is 1.63 bits per heavy atom. The predicted molar refractivity (Wildman–Crippen MR) is 122 cm³/mol. The maximum atomic E-state index is 13.4. The minimum atomic E-state index is 0.235. The van der Waals surface area contributed by atoms with E-state index in [0.717, 1.165) is 36.8 Å². The summed E-state index contributed by atoms with van der Waals surface area (Å²) >= 11 is 1.41. The lowest BCUT2D eigenvalue weighted by Gasteiger charge is -2.41. The zero-order chi connectivity index (χ0) is 20.9. The summed E-state index contributed by atoms with van der Waals surface area (Å²) < 4.78 is 1.52. The topological polar surface area (TPSA) is 77.0 Å². The lowest BCUT2D eigenvalue weighted by atomic mass is 9.88. The number of nitrogen functional groups attached to an aromatic ring is 1. The second kappa shape index (κ2) is 9.86. The van der Waals surface area contributed by atoms with Crippen molar-refractivity contribution < 1.29 is 4.79 Å². The summed E-state index contributed by atoms with van der Waals surface area (Å²) in [6.45, 7) is 2.03. The third kappa shape index (κ3) is 4.66. The molecule has 0 unspecified atom stereocenters. The van der Waals surface area contributed by atoms with E-state index in [1.54, 1.807) is 0 Å². The first-order valence-corrected chi connectivity index (χ1v) is 12.3. The molecule has 1 aromatic heterocycles. The maximum Gasteiger partial charge on any atom is 0.233 e. The first-order chi connectivity index (χ1) is 14.6. The largest absolute Gasteiger partial charge is 0.336 e. The van der Waals surface area contributed by atoms with Gasteiger partial charge in [-0.25, -0.2) is 4.68 Å². The highest BCUT2D eigenvalue weighted by atomic mass is 32.2. The van der Waals surface area contributed by atoms with Gasteiger partial charge in [0, 0.05) is 17.6 Å². The summed E-state index contributed by atoms with van der Waals surface area (Å²) in [6.07, 6.45) is 12.2. The number of carbonyl (C=O) groups is 1. The molecule has 30 heavy (non-hydrogen) atoms. The van der Waals surface area contributed by atoms with Crippen LogP contribution < -0.4 is 5.84 Å². The van der Waals surface area contributed by atoms with Gasteiger partial charge in [-0.1, -0.05) is 74.6 Å². The van der Waals surface area contributed by atoms with Crippen molar-refractivity contribution in [1.82, 2.24) is 19.8 Å². The number of aryl methyl sites for hydroxylation is 1. The minimum absolute atomic E-state index is 0.235. The fraction of sp³-hybridized carbons (Fsp3) is 0.609. The molecule has 2 aromatic rings. The van der Waals surface area contributed by atoms with Gasteiger partial charge in [-0.2, -0.15) is 0 Å². The number of rotatable bonds is 6. The van der Waals surface area contributed by atoms with Crippen LogP contribution in [0.2, 0.25) is 0 Å². The van der Waals surface area contributed by atoms with Crippen molar-refractivity contribution in [2.24, 2.45) is 0 Å². The molecule has 0 bridgehead atoms. The molecule has 0 aliphatic heterocycles. The Balaban J connectivity index is 1.46. The fourth-order valence-electron chi connectivity index (χ4n) is 5.01. The van der Waals surface area contributed by atoms with Crippen LogP contribution in [0.3, 0.4) is 0 Å². The number of carbonyl (C=O) groups excluding carboxylic acids is 1. The normalized spacial score (nSPS) is 18.4. The average Bonchev–Trinajstić information content (AvgIpc) is 3.14. The van der Waals surface area contributed by atoms with E-state index in [-0.39, 0.29) is 5.91 Å². The monoisotopic (exact) mass is 427 g/mol. The Kier molecular flexibility index (Phi) is 6.97. The van der Waals surface area contributed by atoms with Crippen LogP contribution in [-0.4, -0.2) is 43.5 Å². The zero-order valence-electron chi connectivity index (χ0n) is 17.9. The van der Waals surface area contributed by atoms with E-state index >= 15 is 0 Å². The Hall–Kier alpha value is -2.02. The Labute approximate surface area is 183 Å². The van der Waals surface area contributed by atoms with Gasteiger partial charge in [0.25, 0.3) is 0 Å². The second-order valence-corrected chi connectivity index (χ2v) is 9.61. The highest BCUT2D eigenvalue weighted by Gasteiger charge is 2.32. The molecular weight excluding hydrogens is 394 g/mol. The second-order valence-electron chi connectivity index (χ2n) is 8.66. The highest BCUT2D eigenvalue weighted by molar-refractivity contribution is 7.99. The van der Waals surface area contributed by atoms with Crippen LogP contribution in [0.15, 0.2) is 29.4 Å². The van der Waals surface area contributed by atoms with Crippen molar-refractivity contribution in [3.05, 3.63) is 29.8 Å². The summed E-state index contributed by atoms with van der Waals surface area (Å²) in [5, 5.41) is 9.15. The molecule has 6 nitrogen and oxygen atoms in total. The number of hydrogen-bond acceptors (Lipinski definition) is 5. The van der Waals surface area contributed by atoms with Crippen molar-refractivity contribution >= 4 is 17.7 Å². The lowest BCUT2D eigenvalue weighted by molar-refractivity contribution is -0.135. The van der Waals surface area contributed by atoms with Gasteiger partial charge in [0.2, 0.25) is 11.1 Å². The van der Waals surface area contributed by atoms with E-state index in [4.69, 9.17) is 5.84 Å². The molecule has 4 rings (SSSR count). The third-order valence-electron chi connectivity index (χ3n) is 6.60. The quantitative estimate of drug-likeness (QED) is 0.540. The van der Waals surface area contributed by atoms with Gasteiger partial charge in [0.05, 0.1) is 5.75 Å². The molecule has 2 N–H and O–H groups in total. The minimum Gasteiger partial charge on any atom is -0.336 e. The molecule has 2 fully saturated rings. The van der Waals surface area contributed by atoms with Crippen LogP contribution >= 0.6 is 11.8 Å². The van der Waals surface area contributed by atoms with Crippen molar-refractivity contribution in [2.75, 3.05) is 11.6 Å². The van der Waals surface area contributed by atoms with Crippen molar-refractivity contribution in [3.63, 3.8) is 0 Å². The highest BCUT2D eigenvalue weighted by Crippen LogP contribution is 2.31. The molecule has 7 heteroatoms. The molecule has 2 saturated carbocycles. The summed E-state index contributed by atoms with van der Waals surface area (Å²) in [4.78, 5) is 15.6. The van der Waals surface area contributed by atoms with Gasteiger partial charge in [-0.3, -0.25) is 4.79 Å². The van der Waals surface area contributed by atoms with Gasteiger partial charge >= 0.3 is 0 Å². The van der Waals surface area contributed by atoms with Crippen LogP contribution in [0.1, 0.15) is 69.8 Å². The van der Waals surface area contributed by atoms with Crippen LogP contribution in [0.5, 0.6) is 0 Å². The molecule has 1 aromatic carbocycles. The van der Waals surface area contributed by atoms with E-state index in [2.05, 4.69) is 15.1 Å². The van der Waals surface area contributed by atoms with E-state index in [1.807, 2.05) is 31.2 Å². The van der Waals surface area contributed by atoms with Gasteiger partial charge in [0.1, 0.15) is 0 Å². The van der Waals surface area contributed by atoms with Crippen molar-refractivity contribution in [1.29, 1.82) is 0 Å². The number of benzene rings is 1. The first-order valence-electron chi connectivity index (χ1n) is 11.4. The van der Waals surface area contributed by atoms with Gasteiger partial charge in [-0.05, 0) is 38.2 Å². The molecule has 0 atom stereocenters. The zero-order valence-corrected chi connectivity index (χ0v) is 18.7. The summed E-state index contributed by atoms with van der Waals surface area (Å²) in [5.41, 5.74) is 2.07. The van der Waals surface area contributed by atoms with E-state index in [1.165, 1.54) is 55.0 Å². The maximum absolute atomic E-state index is 13.4. The standard InChI is InChI=1S/C23H33N5OS/c1-17-10-8-9-15-20(17)22-25-26-23(28(22)24)30-16-21(29)27(18-11-4-2-5-12-18)19-13-6-3-7-14-19/h8-10,15,18-19H,2-7,11-14,16,24H2,1H3. The van der Waals surface area contributed by atoms with Crippen molar-refractivity contribution in [3.8, 4) is 11.4 Å². The molecule has 0 spiro atoms. The molecule has 1 amide bonds. The molecule has 2 aliphatic rings. The molecule has 0 saturated heterocycles. The molecular formula is C23H33N5OS. The van der Waals surface area contributed by atoms with Gasteiger partial charge in [0.15, 0.2) is 5.82 Å². The van der Waals surface area contributed by atoms with Gasteiger partial charge in [-0.15, -0.1) is 10.2 Å². The number of nitrogens with zero attached hydrogens (tertiary/aromatic N) is 4.